The van der Waals surface area contributed by atoms with Crippen LogP contribution in [0.2, 0.25) is 0 Å². The quantitative estimate of drug-likeness (QED) is 0.0486. The van der Waals surface area contributed by atoms with Crippen LogP contribution in [0.5, 0.6) is 17.2 Å². The zero-order chi connectivity index (χ0) is 66.7. The number of hydrogen-bond donors (Lipinski definition) is 5. The molecule has 23 heteroatoms. The van der Waals surface area contributed by atoms with Crippen LogP contribution in [0.1, 0.15) is 112 Å². The minimum Gasteiger partial charge on any atom is -0.497 e. The number of methoxy groups -OCH3 is 5. The lowest BCUT2D eigenvalue weighted by molar-refractivity contribution is -0.322. The molecule has 0 aromatic heterocycles. The van der Waals surface area contributed by atoms with Crippen LogP contribution in [0, 0.1) is 23.7 Å². The molecule has 3 aromatic carbocycles. The lowest BCUT2D eigenvalue weighted by Crippen LogP contribution is -2.61. The number of aliphatic hydroxyl groups excluding tert-OH is 3. The zero-order valence-corrected chi connectivity index (χ0v) is 56.3. The van der Waals surface area contributed by atoms with Gasteiger partial charge < -0.3 is 102 Å². The molecule has 0 spiro atoms. The summed E-state index contributed by atoms with van der Waals surface area (Å²) in [6.45, 7) is 17.1. The molecular formula is C68H104N2O21. The van der Waals surface area contributed by atoms with E-state index in [1.807, 2.05) is 106 Å². The number of oxime groups is 1. The highest BCUT2D eigenvalue weighted by atomic mass is 16.7. The number of nitrogens with zero attached hydrogens (tertiary/aromatic N) is 2. The summed E-state index contributed by atoms with van der Waals surface area (Å²) in [7, 11) is 11.5. The lowest BCUT2D eigenvalue weighted by atomic mass is 9.73. The van der Waals surface area contributed by atoms with Gasteiger partial charge in [0.25, 0.3) is 0 Å². The number of likely N-dealkylation sites (N-methyl/N-ethyl adjacent to an activating group) is 1. The fourth-order valence-corrected chi connectivity index (χ4v) is 13.3. The van der Waals surface area contributed by atoms with E-state index in [0.29, 0.717) is 23.7 Å². The van der Waals surface area contributed by atoms with Crippen LogP contribution in [0.25, 0.3) is 0 Å². The molecule has 0 amide bonds. The van der Waals surface area contributed by atoms with Crippen LogP contribution in [0.15, 0.2) is 78.0 Å². The van der Waals surface area contributed by atoms with Gasteiger partial charge in [-0.3, -0.25) is 4.79 Å². The first-order valence-corrected chi connectivity index (χ1v) is 31.8. The van der Waals surface area contributed by atoms with Crippen molar-refractivity contribution in [2.75, 3.05) is 56.3 Å². The number of benzene rings is 3. The van der Waals surface area contributed by atoms with Crippen molar-refractivity contribution in [1.29, 1.82) is 0 Å². The molecule has 4 aliphatic rings. The van der Waals surface area contributed by atoms with E-state index in [-0.39, 0.29) is 57.5 Å². The Hall–Kier alpha value is -4.64. The number of carbonyl (C=O) groups excluding carboxylic acids is 1. The van der Waals surface area contributed by atoms with E-state index >= 15 is 0 Å². The standard InChI is InChI=1S/C68H104N2O21/c1-18-52-68(10,76)60(72)40(4)54(38(2)32-66(8,75)62(90-64-55(71)50(70(11)12)31-39(3)85-64)41(5)56(42(6)63(74)88-52)89-53-33-67(9,81-17)61(73)43(7)86-53)69-91-57-51(37-82-34-44-19-25-47(77-13)26-20-44)87-65(80-16)59(84-36-46-23-29-49(79-15)30-24-46)58(57)83-35-45-21-27-48(78-14)28-22-45/h19-30,38-43,50-53,55-62,64-65,71-73,75-76H,18,31-37H2,1-17H3/b69-54+/t38-,39-,40+,41+,42-,43+,50+,51-,52+,53+,55-,56+,57+,58+,59-,60-,61+,62-,64+,65+,66-,67-,68-/m1/s1. The third kappa shape index (κ3) is 18.0. The van der Waals surface area contributed by atoms with Crippen molar-refractivity contribution in [3.63, 3.8) is 0 Å². The van der Waals surface area contributed by atoms with Gasteiger partial charge in [0, 0.05) is 44.4 Å². The molecule has 4 saturated heterocycles. The second-order valence-electron chi connectivity index (χ2n) is 26.0. The summed E-state index contributed by atoms with van der Waals surface area (Å²) in [5, 5.41) is 67.3. The minimum absolute atomic E-state index is 0.0400. The van der Waals surface area contributed by atoms with Gasteiger partial charge in [-0.2, -0.15) is 0 Å². The molecule has 0 saturated carbocycles. The Kier molecular flexibility index (Phi) is 26.5. The summed E-state index contributed by atoms with van der Waals surface area (Å²) < 4.78 is 88.1. The van der Waals surface area contributed by atoms with Gasteiger partial charge in [-0.15, -0.1) is 0 Å². The zero-order valence-electron chi connectivity index (χ0n) is 56.3. The van der Waals surface area contributed by atoms with Gasteiger partial charge >= 0.3 is 5.97 Å². The first kappa shape index (κ1) is 73.8. The maximum atomic E-state index is 14.9. The third-order valence-electron chi connectivity index (χ3n) is 18.9. The molecule has 4 fully saturated rings. The third-order valence-corrected chi connectivity index (χ3v) is 18.9. The molecule has 512 valence electrons. The highest BCUT2D eigenvalue weighted by Gasteiger charge is 2.55. The van der Waals surface area contributed by atoms with Crippen molar-refractivity contribution in [2.45, 2.75) is 230 Å². The Bertz CT molecular complexity index is 2720. The van der Waals surface area contributed by atoms with Gasteiger partial charge in [0.15, 0.2) is 25.0 Å². The Morgan fingerprint density at radius 1 is 0.648 bits per heavy atom. The highest BCUT2D eigenvalue weighted by molar-refractivity contribution is 5.89. The first-order valence-electron chi connectivity index (χ1n) is 31.8. The molecule has 23 nitrogen and oxygen atoms in total. The van der Waals surface area contributed by atoms with Gasteiger partial charge in [-0.25, -0.2) is 0 Å². The molecule has 0 aliphatic carbocycles. The minimum atomic E-state index is -2.14. The van der Waals surface area contributed by atoms with E-state index in [4.69, 9.17) is 76.3 Å². The summed E-state index contributed by atoms with van der Waals surface area (Å²) in [5.41, 5.74) is -2.58. The topological polar surface area (TPSA) is 272 Å². The second-order valence-corrected chi connectivity index (χ2v) is 26.0. The van der Waals surface area contributed by atoms with Crippen LogP contribution in [0.3, 0.4) is 0 Å². The van der Waals surface area contributed by atoms with Gasteiger partial charge in [-0.05, 0) is 128 Å². The smallest absolute Gasteiger partial charge is 0.311 e. The number of ether oxygens (including phenoxy) is 14. The summed E-state index contributed by atoms with van der Waals surface area (Å²) in [5.74, 6) is -2.84. The predicted molar refractivity (Wildman–Crippen MR) is 335 cm³/mol. The van der Waals surface area contributed by atoms with Crippen molar-refractivity contribution >= 4 is 11.7 Å². The Morgan fingerprint density at radius 2 is 1.20 bits per heavy atom. The van der Waals surface area contributed by atoms with E-state index in [2.05, 4.69) is 0 Å². The normalized spacial score (nSPS) is 38.4. The molecule has 4 aliphatic heterocycles. The highest BCUT2D eigenvalue weighted by Crippen LogP contribution is 2.42. The first-order chi connectivity index (χ1) is 43.1. The van der Waals surface area contributed by atoms with Gasteiger partial charge in [0.1, 0.15) is 59.5 Å². The van der Waals surface area contributed by atoms with Crippen LogP contribution in [-0.4, -0.2) is 213 Å². The molecule has 5 N–H and O–H groups in total. The van der Waals surface area contributed by atoms with Crippen LogP contribution in [0.4, 0.5) is 0 Å². The van der Waals surface area contributed by atoms with E-state index in [1.165, 1.54) is 21.1 Å². The van der Waals surface area contributed by atoms with E-state index < -0.39 is 138 Å². The molecule has 91 heavy (non-hydrogen) atoms. The molecular weight excluding hydrogens is 1180 g/mol. The second kappa shape index (κ2) is 32.7. The van der Waals surface area contributed by atoms with E-state index in [1.54, 1.807) is 69.8 Å². The van der Waals surface area contributed by atoms with Crippen LogP contribution < -0.4 is 14.2 Å². The summed E-state index contributed by atoms with van der Waals surface area (Å²) in [4.78, 5) is 23.8. The maximum absolute atomic E-state index is 14.9. The fraction of sp³-hybridized carbons (Fsp3) is 0.706. The Balaban J connectivity index is 1.36. The SMILES string of the molecule is CC[C@@H]1OC(=O)[C@H](C)[C@@H](O[C@H]2C[C@@](C)(OC)[C@@H](O)[C@H](C)O2)[C@H](C)[C@@H](O[C@@H]2O[C@H](C)C[C@H](N(C)C)[C@H]2O)[C@](C)(O)C[C@@H](C)/C(=N\O[C@@H]2[C@H](OCc3ccc(OC)cc3)[C@@H](OCc3ccc(OC)cc3)[C@@H](OC)O[C@@H]2COCc2ccc(OC)cc2)[C@H](C)[C@@H](O)[C@]1(C)O. The number of aliphatic hydroxyl groups is 5. The molecule has 7 rings (SSSR count). The molecule has 3 aromatic rings. The van der Waals surface area contributed by atoms with Crippen molar-refractivity contribution < 1.29 is 101 Å². The molecule has 23 atom stereocenters. The molecule has 0 bridgehead atoms. The Morgan fingerprint density at radius 3 is 1.71 bits per heavy atom. The Labute approximate surface area is 537 Å². The fourth-order valence-electron chi connectivity index (χ4n) is 13.3. The number of cyclic esters (lactones) is 1. The molecule has 4 heterocycles. The molecule has 0 unspecified atom stereocenters. The van der Waals surface area contributed by atoms with Gasteiger partial charge in [0.2, 0.25) is 0 Å². The maximum Gasteiger partial charge on any atom is 0.311 e. The lowest BCUT2D eigenvalue weighted by Gasteiger charge is -2.49. The summed E-state index contributed by atoms with van der Waals surface area (Å²) in [6.07, 6.45) is -16.1. The summed E-state index contributed by atoms with van der Waals surface area (Å²) >= 11 is 0. The average Bonchev–Trinajstić information content (AvgIpc) is 0.914. The molecule has 0 radical (unpaired) electrons. The van der Waals surface area contributed by atoms with Crippen LogP contribution in [-0.2, 0) is 81.6 Å². The number of carbonyl (C=O) groups is 1. The van der Waals surface area contributed by atoms with Crippen molar-refractivity contribution in [1.82, 2.24) is 4.90 Å². The van der Waals surface area contributed by atoms with Gasteiger partial charge in [-0.1, -0.05) is 69.2 Å². The monoisotopic (exact) mass is 1280 g/mol. The largest absolute Gasteiger partial charge is 0.497 e. The summed E-state index contributed by atoms with van der Waals surface area (Å²) in [6, 6.07) is 21.9. The van der Waals surface area contributed by atoms with E-state index in [9.17, 15) is 30.3 Å². The predicted octanol–water partition coefficient (Wildman–Crippen LogP) is 6.74. The number of rotatable bonds is 23. The van der Waals surface area contributed by atoms with Crippen LogP contribution >= 0.6 is 0 Å². The number of hydrogen-bond acceptors (Lipinski definition) is 23. The average molecular weight is 1290 g/mol. The van der Waals surface area contributed by atoms with Crippen molar-refractivity contribution in [3.05, 3.63) is 89.5 Å². The van der Waals surface area contributed by atoms with Gasteiger partial charge in [0.05, 0.1) is 101 Å². The van der Waals surface area contributed by atoms with Crippen molar-refractivity contribution in [2.24, 2.45) is 28.8 Å². The number of esters is 1. The van der Waals surface area contributed by atoms with Crippen molar-refractivity contribution in [3.8, 4) is 17.2 Å². The van der Waals surface area contributed by atoms with E-state index in [0.717, 1.165) is 16.7 Å².